The van der Waals surface area contributed by atoms with Crippen LogP contribution in [0.2, 0.25) is 5.02 Å². The van der Waals surface area contributed by atoms with E-state index < -0.39 is 0 Å². The van der Waals surface area contributed by atoms with E-state index in [1.54, 1.807) is 0 Å². The minimum absolute atomic E-state index is 0.0587. The molecular weight excluding hydrogens is 392 g/mol. The zero-order valence-corrected chi connectivity index (χ0v) is 17.4. The summed E-state index contributed by atoms with van der Waals surface area (Å²) in [6.45, 7) is 9.33. The van der Waals surface area contributed by atoms with Crippen LogP contribution in [-0.2, 0) is 0 Å². The molecule has 4 rings (SSSR count). The molecule has 2 aromatic carbocycles. The van der Waals surface area contributed by atoms with E-state index in [1.807, 2.05) is 6.07 Å². The molecule has 25 heavy (non-hydrogen) atoms. The van der Waals surface area contributed by atoms with E-state index in [2.05, 4.69) is 86.1 Å². The predicted octanol–water partition coefficient (Wildman–Crippen LogP) is 7.83. The van der Waals surface area contributed by atoms with Crippen molar-refractivity contribution in [3.8, 4) is 0 Å². The van der Waals surface area contributed by atoms with Crippen LogP contribution in [0.4, 0.5) is 0 Å². The number of rotatable bonds is 2. The molecule has 0 spiro atoms. The average molecular weight is 414 g/mol. The fourth-order valence-electron chi connectivity index (χ4n) is 5.17. The summed E-state index contributed by atoms with van der Waals surface area (Å²) in [4.78, 5) is 0. The lowest BCUT2D eigenvalue weighted by Gasteiger charge is -2.41. The fourth-order valence-corrected chi connectivity index (χ4v) is 5.90. The van der Waals surface area contributed by atoms with Crippen molar-refractivity contribution in [1.82, 2.24) is 0 Å². The summed E-state index contributed by atoms with van der Waals surface area (Å²) in [5, 5.41) is 0.858. The quantitative estimate of drug-likeness (QED) is 0.470. The van der Waals surface area contributed by atoms with E-state index in [4.69, 9.17) is 11.6 Å². The van der Waals surface area contributed by atoms with Gasteiger partial charge in [0.05, 0.1) is 0 Å². The van der Waals surface area contributed by atoms with Crippen LogP contribution in [0.1, 0.15) is 61.8 Å². The Hall–Kier alpha value is -1.31. The highest BCUT2D eigenvalue weighted by atomic mass is 79.9. The van der Waals surface area contributed by atoms with E-state index in [0.29, 0.717) is 11.8 Å². The molecule has 0 aromatic heterocycles. The van der Waals surface area contributed by atoms with Gasteiger partial charge in [0.25, 0.3) is 0 Å². The number of fused-ring (bicyclic) bond motifs is 2. The smallest absolute Gasteiger partial charge is 0.0481 e. The Morgan fingerprint density at radius 2 is 1.36 bits per heavy atom. The topological polar surface area (TPSA) is 0 Å². The molecule has 2 atom stereocenters. The van der Waals surface area contributed by atoms with Crippen LogP contribution in [0.15, 0.2) is 52.0 Å². The Morgan fingerprint density at radius 3 is 2.00 bits per heavy atom. The van der Waals surface area contributed by atoms with Crippen LogP contribution < -0.4 is 0 Å². The maximum atomic E-state index is 6.48. The van der Waals surface area contributed by atoms with Gasteiger partial charge >= 0.3 is 0 Å². The zero-order chi connectivity index (χ0) is 17.9. The van der Waals surface area contributed by atoms with Gasteiger partial charge in [-0.2, -0.15) is 0 Å². The highest BCUT2D eigenvalue weighted by Crippen LogP contribution is 2.59. The summed E-state index contributed by atoms with van der Waals surface area (Å²) in [6.07, 6.45) is 4.62. The average Bonchev–Trinajstić information content (AvgIpc) is 3.06. The second kappa shape index (κ2) is 5.86. The van der Waals surface area contributed by atoms with Gasteiger partial charge in [0, 0.05) is 21.3 Å². The molecule has 0 fully saturated rings. The van der Waals surface area contributed by atoms with Gasteiger partial charge in [-0.05, 0) is 53.6 Å². The van der Waals surface area contributed by atoms with E-state index in [1.165, 1.54) is 37.9 Å². The van der Waals surface area contributed by atoms with Crippen molar-refractivity contribution in [2.75, 3.05) is 0 Å². The first-order valence-corrected chi connectivity index (χ1v) is 9.92. The molecule has 0 nitrogen and oxygen atoms in total. The van der Waals surface area contributed by atoms with Crippen molar-refractivity contribution in [3.05, 3.63) is 79.3 Å². The lowest BCUT2D eigenvalue weighted by atomic mass is 9.63. The predicted molar refractivity (Wildman–Crippen MR) is 112 cm³/mol. The molecule has 0 saturated heterocycles. The van der Waals surface area contributed by atoms with E-state index >= 15 is 0 Å². The summed E-state index contributed by atoms with van der Waals surface area (Å²) in [7, 11) is 0. The lowest BCUT2D eigenvalue weighted by Crippen LogP contribution is -2.29. The van der Waals surface area contributed by atoms with Gasteiger partial charge in [-0.25, -0.2) is 0 Å². The molecule has 0 amide bonds. The highest BCUT2D eigenvalue weighted by molar-refractivity contribution is 9.10. The van der Waals surface area contributed by atoms with Crippen LogP contribution in [-0.4, -0.2) is 0 Å². The molecule has 2 aliphatic carbocycles. The van der Waals surface area contributed by atoms with Crippen LogP contribution in [0.5, 0.6) is 0 Å². The molecule has 0 aliphatic heterocycles. The standard InChI is InChI=1S/C23H22BrCl/c1-13-11-17-15(7-5-9-19(17)24)21(13)23(3,4)22-14(2)12-18-16(22)8-6-10-20(18)25/h5-12,21-22H,1-4H3. The first-order chi connectivity index (χ1) is 11.8. The second-order valence-electron chi connectivity index (χ2n) is 7.95. The summed E-state index contributed by atoms with van der Waals surface area (Å²) >= 11 is 10.2. The number of benzene rings is 2. The first-order valence-electron chi connectivity index (χ1n) is 8.75. The molecule has 0 saturated carbocycles. The van der Waals surface area contributed by atoms with E-state index in [9.17, 15) is 0 Å². The number of allylic oxidation sites excluding steroid dienone is 2. The van der Waals surface area contributed by atoms with Crippen LogP contribution in [0, 0.1) is 5.41 Å². The van der Waals surface area contributed by atoms with Gasteiger partial charge in [-0.15, -0.1) is 0 Å². The number of halogens is 2. The minimum Gasteiger partial charge on any atom is -0.0837 e. The van der Waals surface area contributed by atoms with Gasteiger partial charge in [-0.3, -0.25) is 0 Å². The second-order valence-corrected chi connectivity index (χ2v) is 9.21. The zero-order valence-electron chi connectivity index (χ0n) is 15.0. The molecule has 2 aromatic rings. The van der Waals surface area contributed by atoms with Gasteiger partial charge in [0.1, 0.15) is 0 Å². The Labute approximate surface area is 163 Å². The fraction of sp³-hybridized carbons (Fsp3) is 0.304. The Balaban J connectivity index is 1.86. The third-order valence-electron chi connectivity index (χ3n) is 5.94. The molecule has 0 radical (unpaired) electrons. The molecule has 128 valence electrons. The molecule has 0 N–H and O–H groups in total. The van der Waals surface area contributed by atoms with Crippen LogP contribution in [0.3, 0.4) is 0 Å². The highest BCUT2D eigenvalue weighted by Gasteiger charge is 2.45. The molecule has 2 aliphatic rings. The monoisotopic (exact) mass is 412 g/mol. The van der Waals surface area contributed by atoms with Gasteiger partial charge in [0.2, 0.25) is 0 Å². The Kier molecular flexibility index (Phi) is 4.01. The van der Waals surface area contributed by atoms with Crippen molar-refractivity contribution in [2.24, 2.45) is 5.41 Å². The molecule has 2 unspecified atom stereocenters. The number of hydrogen-bond acceptors (Lipinski definition) is 0. The third kappa shape index (κ3) is 2.47. The summed E-state index contributed by atoms with van der Waals surface area (Å²) < 4.78 is 1.18. The summed E-state index contributed by atoms with van der Waals surface area (Å²) in [5.41, 5.74) is 8.24. The maximum Gasteiger partial charge on any atom is 0.0481 e. The van der Waals surface area contributed by atoms with Crippen molar-refractivity contribution in [1.29, 1.82) is 0 Å². The van der Waals surface area contributed by atoms with Gasteiger partial charge in [0.15, 0.2) is 0 Å². The Bertz CT molecular complexity index is 858. The molecular formula is C23H22BrCl. The largest absolute Gasteiger partial charge is 0.0837 e. The summed E-state index contributed by atoms with van der Waals surface area (Å²) in [6, 6.07) is 12.9. The third-order valence-corrected chi connectivity index (χ3v) is 6.96. The molecule has 0 heterocycles. The molecule has 0 bridgehead atoms. The normalized spacial score (nSPS) is 21.7. The summed E-state index contributed by atoms with van der Waals surface area (Å²) in [5.74, 6) is 0.776. The van der Waals surface area contributed by atoms with Crippen molar-refractivity contribution in [2.45, 2.75) is 39.5 Å². The van der Waals surface area contributed by atoms with Crippen molar-refractivity contribution in [3.63, 3.8) is 0 Å². The van der Waals surface area contributed by atoms with Gasteiger partial charge < -0.3 is 0 Å². The van der Waals surface area contributed by atoms with E-state index in [-0.39, 0.29) is 5.41 Å². The van der Waals surface area contributed by atoms with Gasteiger partial charge in [-0.1, -0.05) is 88.9 Å². The Morgan fingerprint density at radius 1 is 0.840 bits per heavy atom. The van der Waals surface area contributed by atoms with Crippen molar-refractivity contribution >= 4 is 39.7 Å². The molecule has 2 heteroatoms. The number of hydrogen-bond donors (Lipinski definition) is 0. The first kappa shape index (κ1) is 17.1. The van der Waals surface area contributed by atoms with Crippen molar-refractivity contribution < 1.29 is 0 Å². The lowest BCUT2D eigenvalue weighted by molar-refractivity contribution is 0.275. The maximum absolute atomic E-state index is 6.48. The van der Waals surface area contributed by atoms with E-state index in [0.717, 1.165) is 5.02 Å². The van der Waals surface area contributed by atoms with Crippen LogP contribution in [0.25, 0.3) is 12.2 Å². The minimum atomic E-state index is 0.0587. The van der Waals surface area contributed by atoms with Crippen LogP contribution >= 0.6 is 27.5 Å². The SMILES string of the molecule is CC1=Cc2c(Cl)cccc2C1C(C)(C)C1C(C)=Cc2c(Br)cccc21.